The van der Waals surface area contributed by atoms with Gasteiger partial charge in [-0.3, -0.25) is 0 Å². The van der Waals surface area contributed by atoms with Gasteiger partial charge in [-0.2, -0.15) is 0 Å². The van der Waals surface area contributed by atoms with Crippen LogP contribution < -0.4 is 0 Å². The zero-order valence-electron chi connectivity index (χ0n) is 18.3. The van der Waals surface area contributed by atoms with E-state index in [0.29, 0.717) is 0 Å². The predicted molar refractivity (Wildman–Crippen MR) is 137 cm³/mol. The minimum absolute atomic E-state index is 0.339. The third-order valence-electron chi connectivity index (χ3n) is 6.48. The molecule has 0 aliphatic heterocycles. The molecule has 4 aromatic rings. The van der Waals surface area contributed by atoms with Crippen LogP contribution in [0.5, 0.6) is 0 Å². The van der Waals surface area contributed by atoms with E-state index in [9.17, 15) is 0 Å². The van der Waals surface area contributed by atoms with E-state index in [0.717, 1.165) is 5.57 Å². The van der Waals surface area contributed by atoms with Crippen molar-refractivity contribution in [3.8, 4) is 11.1 Å². The van der Waals surface area contributed by atoms with Gasteiger partial charge in [0, 0.05) is 0 Å². The normalized spacial score (nSPS) is 14.2. The van der Waals surface area contributed by atoms with Gasteiger partial charge in [0.25, 0.3) is 0 Å². The van der Waals surface area contributed by atoms with Crippen LogP contribution in [-0.4, -0.2) is 0 Å². The van der Waals surface area contributed by atoms with Crippen molar-refractivity contribution in [3.05, 3.63) is 162 Å². The third-order valence-corrected chi connectivity index (χ3v) is 6.48. The molecule has 5 rings (SSSR count). The van der Waals surface area contributed by atoms with Crippen LogP contribution in [0.2, 0.25) is 0 Å². The lowest BCUT2D eigenvalue weighted by molar-refractivity contribution is 0.768. The first kappa shape index (κ1) is 20.0. The number of hydrogen-bond donors (Lipinski definition) is 0. The van der Waals surface area contributed by atoms with Gasteiger partial charge in [0.15, 0.2) is 0 Å². The van der Waals surface area contributed by atoms with Crippen LogP contribution in [0.1, 0.15) is 34.7 Å². The summed E-state index contributed by atoms with van der Waals surface area (Å²) in [6, 6.07) is 37.5. The number of benzene rings is 4. The van der Waals surface area contributed by atoms with E-state index < -0.39 is 0 Å². The minimum Gasteiger partial charge on any atom is -0.0984 e. The molecule has 0 N–H and O–H groups in total. The van der Waals surface area contributed by atoms with Crippen LogP contribution in [0.25, 0.3) is 16.7 Å². The van der Waals surface area contributed by atoms with Crippen molar-refractivity contribution in [2.24, 2.45) is 0 Å². The fraction of sp³-hybridized carbons (Fsp3) is 0.0625. The summed E-state index contributed by atoms with van der Waals surface area (Å²) < 4.78 is 0. The number of fused-ring (bicyclic) bond motifs is 3. The van der Waals surface area contributed by atoms with Gasteiger partial charge in [-0.15, -0.1) is 0 Å². The molecule has 0 radical (unpaired) electrons. The van der Waals surface area contributed by atoms with E-state index in [-0.39, 0.29) is 5.41 Å². The Morgan fingerprint density at radius 3 is 1.91 bits per heavy atom. The summed E-state index contributed by atoms with van der Waals surface area (Å²) in [5, 5.41) is 0. The summed E-state index contributed by atoms with van der Waals surface area (Å²) in [7, 11) is 0. The maximum Gasteiger partial charge on any atom is 0.0713 e. The maximum atomic E-state index is 4.05. The molecule has 0 spiro atoms. The molecule has 0 nitrogen and oxygen atoms in total. The second-order valence-electron chi connectivity index (χ2n) is 8.14. The first-order valence-corrected chi connectivity index (χ1v) is 11.1. The van der Waals surface area contributed by atoms with Gasteiger partial charge in [-0.25, -0.2) is 0 Å². The van der Waals surface area contributed by atoms with Crippen LogP contribution >= 0.6 is 0 Å². The Labute approximate surface area is 190 Å². The fourth-order valence-corrected chi connectivity index (χ4v) is 5.11. The largest absolute Gasteiger partial charge is 0.0984 e. The lowest BCUT2D eigenvalue weighted by atomic mass is 9.67. The lowest BCUT2D eigenvalue weighted by Gasteiger charge is -2.33. The Kier molecular flexibility index (Phi) is 5.21. The molecular formula is C32H26. The van der Waals surface area contributed by atoms with E-state index in [2.05, 4.69) is 122 Å². The minimum atomic E-state index is -0.339. The highest BCUT2D eigenvalue weighted by Gasteiger charge is 2.45. The second-order valence-corrected chi connectivity index (χ2v) is 8.14. The average molecular weight is 411 g/mol. The molecule has 0 atom stereocenters. The molecule has 0 saturated heterocycles. The molecule has 0 saturated carbocycles. The topological polar surface area (TPSA) is 0 Å². The molecule has 0 bridgehead atoms. The van der Waals surface area contributed by atoms with Crippen molar-refractivity contribution in [3.63, 3.8) is 0 Å². The Hall–Kier alpha value is -3.90. The lowest BCUT2D eigenvalue weighted by Crippen LogP contribution is -2.28. The van der Waals surface area contributed by atoms with Crippen molar-refractivity contribution in [2.75, 3.05) is 0 Å². The van der Waals surface area contributed by atoms with Crippen molar-refractivity contribution in [1.82, 2.24) is 0 Å². The van der Waals surface area contributed by atoms with E-state index in [4.69, 9.17) is 0 Å². The molecule has 0 aromatic heterocycles. The Bertz CT molecular complexity index is 1280. The van der Waals surface area contributed by atoms with Crippen molar-refractivity contribution in [2.45, 2.75) is 12.3 Å². The van der Waals surface area contributed by atoms with Gasteiger partial charge in [-0.1, -0.05) is 128 Å². The van der Waals surface area contributed by atoms with Crippen molar-refractivity contribution < 1.29 is 0 Å². The average Bonchev–Trinajstić information content (AvgIpc) is 3.16. The molecular weight excluding hydrogens is 384 g/mol. The van der Waals surface area contributed by atoms with Gasteiger partial charge >= 0.3 is 0 Å². The first-order chi connectivity index (χ1) is 15.8. The molecule has 154 valence electrons. The zero-order valence-corrected chi connectivity index (χ0v) is 18.3. The summed E-state index contributed by atoms with van der Waals surface area (Å²) in [5.74, 6) is 0. The van der Waals surface area contributed by atoms with Crippen LogP contribution in [0.3, 0.4) is 0 Å². The molecule has 32 heavy (non-hydrogen) atoms. The Morgan fingerprint density at radius 1 is 0.688 bits per heavy atom. The van der Waals surface area contributed by atoms with Gasteiger partial charge in [0.05, 0.1) is 5.41 Å². The summed E-state index contributed by atoms with van der Waals surface area (Å²) >= 11 is 0. The molecule has 0 heterocycles. The SMILES string of the molecule is C=C/C(=C\C=C/C)c1ccc2c(c1)-c1ccccc1C2(c1ccccc1)c1ccccc1. The molecule has 0 fully saturated rings. The predicted octanol–water partition coefficient (Wildman–Crippen LogP) is 8.20. The van der Waals surface area contributed by atoms with Gasteiger partial charge in [0.1, 0.15) is 0 Å². The highest BCUT2D eigenvalue weighted by Crippen LogP contribution is 2.56. The summed E-state index contributed by atoms with van der Waals surface area (Å²) in [4.78, 5) is 0. The smallest absolute Gasteiger partial charge is 0.0713 e. The fourth-order valence-electron chi connectivity index (χ4n) is 5.11. The van der Waals surface area contributed by atoms with E-state index in [1.54, 1.807) is 0 Å². The monoisotopic (exact) mass is 410 g/mol. The van der Waals surface area contributed by atoms with E-state index >= 15 is 0 Å². The molecule has 0 amide bonds. The highest BCUT2D eigenvalue weighted by atomic mass is 14.5. The third kappa shape index (κ3) is 2.99. The standard InChI is InChI=1S/C32H26/c1-3-5-14-24(4-2)25-21-22-31-29(23-25)28-19-12-13-20-30(28)32(31,26-15-8-6-9-16-26)27-17-10-7-11-18-27/h3-23H,2H2,1H3/b5-3-,24-14+. The Morgan fingerprint density at radius 2 is 1.28 bits per heavy atom. The van der Waals surface area contributed by atoms with Gasteiger partial charge in [0.2, 0.25) is 0 Å². The first-order valence-electron chi connectivity index (χ1n) is 11.1. The zero-order chi connectivity index (χ0) is 22.0. The van der Waals surface area contributed by atoms with Crippen LogP contribution in [0.15, 0.2) is 134 Å². The number of allylic oxidation sites excluding steroid dienone is 5. The summed E-state index contributed by atoms with van der Waals surface area (Å²) in [5.41, 5.74) is 9.80. The van der Waals surface area contributed by atoms with Crippen LogP contribution in [-0.2, 0) is 5.41 Å². The van der Waals surface area contributed by atoms with Gasteiger partial charge in [-0.05, 0) is 57.5 Å². The maximum absolute atomic E-state index is 4.05. The molecule has 0 unspecified atom stereocenters. The van der Waals surface area contributed by atoms with Crippen LogP contribution in [0, 0.1) is 0 Å². The number of hydrogen-bond acceptors (Lipinski definition) is 0. The summed E-state index contributed by atoms with van der Waals surface area (Å²) in [6.45, 7) is 6.08. The molecule has 1 aliphatic carbocycles. The van der Waals surface area contributed by atoms with Crippen molar-refractivity contribution in [1.29, 1.82) is 0 Å². The second kappa shape index (κ2) is 8.32. The van der Waals surface area contributed by atoms with Crippen molar-refractivity contribution >= 4 is 5.57 Å². The molecule has 1 aliphatic rings. The summed E-state index contributed by atoms with van der Waals surface area (Å²) in [6.07, 6.45) is 8.17. The van der Waals surface area contributed by atoms with Crippen LogP contribution in [0.4, 0.5) is 0 Å². The number of rotatable bonds is 5. The molecule has 4 aromatic carbocycles. The Balaban J connectivity index is 1.86. The highest BCUT2D eigenvalue weighted by molar-refractivity contribution is 5.89. The van der Waals surface area contributed by atoms with Gasteiger partial charge < -0.3 is 0 Å². The van der Waals surface area contributed by atoms with E-state index in [1.165, 1.54) is 38.9 Å². The molecule has 0 heteroatoms. The van der Waals surface area contributed by atoms with E-state index in [1.807, 2.05) is 19.1 Å². The quantitative estimate of drug-likeness (QED) is 0.256.